The molecule has 0 saturated heterocycles. The Morgan fingerprint density at radius 2 is 1.03 bits per heavy atom. The van der Waals surface area contributed by atoms with Gasteiger partial charge in [0, 0.05) is 29.4 Å². The highest BCUT2D eigenvalue weighted by Crippen LogP contribution is 2.63. The summed E-state index contributed by atoms with van der Waals surface area (Å²) in [6, 6.07) is 66.5. The molecular weight excluding hydrogens is 715 g/mol. The van der Waals surface area contributed by atoms with Crippen LogP contribution in [0.15, 0.2) is 207 Å². The van der Waals surface area contributed by atoms with E-state index in [-0.39, 0.29) is 0 Å². The van der Waals surface area contributed by atoms with Crippen molar-refractivity contribution in [3.63, 3.8) is 0 Å². The molecule has 12 rings (SSSR count). The summed E-state index contributed by atoms with van der Waals surface area (Å²) in [6.07, 6.45) is 8.27. The molecular formula is C56H37N3. The van der Waals surface area contributed by atoms with Crippen molar-refractivity contribution >= 4 is 16.3 Å². The van der Waals surface area contributed by atoms with Crippen molar-refractivity contribution in [3.8, 4) is 67.2 Å². The second-order valence-electron chi connectivity index (χ2n) is 15.7. The lowest BCUT2D eigenvalue weighted by Gasteiger charge is -2.30. The molecule has 0 fully saturated rings. The van der Waals surface area contributed by atoms with Crippen molar-refractivity contribution in [2.45, 2.75) is 5.41 Å². The molecule has 0 saturated carbocycles. The minimum Gasteiger partial charge on any atom is -0.387 e. The van der Waals surface area contributed by atoms with Crippen LogP contribution in [0.3, 0.4) is 0 Å². The average molecular weight is 752 g/mol. The summed E-state index contributed by atoms with van der Waals surface area (Å²) < 4.78 is 0. The van der Waals surface area contributed by atoms with Crippen molar-refractivity contribution in [2.75, 3.05) is 6.54 Å². The molecule has 276 valence electrons. The van der Waals surface area contributed by atoms with Gasteiger partial charge in [-0.15, -0.1) is 0 Å². The zero-order chi connectivity index (χ0) is 38.9. The van der Waals surface area contributed by atoms with Crippen molar-refractivity contribution in [1.29, 1.82) is 0 Å². The van der Waals surface area contributed by atoms with Gasteiger partial charge in [-0.05, 0) is 108 Å². The molecule has 0 radical (unpaired) electrons. The standard InChI is InChI=1S/C56H37N3/c1-2-17-43-37(12-1)13-10-21-48(43)54-49(38-27-25-36(26-28-38)39-14-9-15-40(32-39)42-16-11-31-57-34-42)35-58-55(59-54)41-29-30-47-46-20-5-8-24-52(46)56(53(47)33-41)50-22-6-3-18-44(50)45-19-4-7-23-51(45)56/h1-33,35,57H,34H2. The Kier molecular flexibility index (Phi) is 7.51. The highest BCUT2D eigenvalue weighted by molar-refractivity contribution is 6.00. The van der Waals surface area contributed by atoms with Crippen molar-refractivity contribution in [2.24, 2.45) is 0 Å². The zero-order valence-electron chi connectivity index (χ0n) is 32.2. The van der Waals surface area contributed by atoms with Gasteiger partial charge in [-0.25, -0.2) is 9.97 Å². The Morgan fingerprint density at radius 3 is 1.76 bits per heavy atom. The third kappa shape index (κ3) is 5.08. The maximum absolute atomic E-state index is 5.53. The molecule has 3 nitrogen and oxygen atoms in total. The van der Waals surface area contributed by atoms with E-state index < -0.39 is 5.41 Å². The first-order valence-electron chi connectivity index (χ1n) is 20.4. The summed E-state index contributed by atoms with van der Waals surface area (Å²) in [4.78, 5) is 10.7. The quantitative estimate of drug-likeness (QED) is 0.190. The molecule has 2 aliphatic carbocycles. The van der Waals surface area contributed by atoms with Crippen LogP contribution in [-0.2, 0) is 5.41 Å². The number of nitrogens with one attached hydrogen (secondary N) is 1. The first kappa shape index (κ1) is 33.5. The molecule has 59 heavy (non-hydrogen) atoms. The number of fused-ring (bicyclic) bond motifs is 11. The Morgan fingerprint density at radius 1 is 0.441 bits per heavy atom. The molecule has 1 aliphatic heterocycles. The van der Waals surface area contributed by atoms with E-state index in [4.69, 9.17) is 9.97 Å². The van der Waals surface area contributed by atoms with Crippen LogP contribution >= 0.6 is 0 Å². The van der Waals surface area contributed by atoms with Crippen LogP contribution < -0.4 is 5.32 Å². The summed E-state index contributed by atoms with van der Waals surface area (Å²) >= 11 is 0. The summed E-state index contributed by atoms with van der Waals surface area (Å²) in [5.41, 5.74) is 19.9. The molecule has 3 heteroatoms. The molecule has 8 aromatic carbocycles. The van der Waals surface area contributed by atoms with Gasteiger partial charge < -0.3 is 5.32 Å². The Balaban J connectivity index is 1.02. The number of rotatable bonds is 5. The van der Waals surface area contributed by atoms with Gasteiger partial charge in [0.15, 0.2) is 5.82 Å². The third-order valence-electron chi connectivity index (χ3n) is 12.7. The second-order valence-corrected chi connectivity index (χ2v) is 15.7. The van der Waals surface area contributed by atoms with Crippen molar-refractivity contribution in [1.82, 2.24) is 15.3 Å². The minimum atomic E-state index is -0.434. The summed E-state index contributed by atoms with van der Waals surface area (Å²) in [5.74, 6) is 0.708. The molecule has 0 unspecified atom stereocenters. The van der Waals surface area contributed by atoms with Crippen LogP contribution in [0.1, 0.15) is 27.8 Å². The summed E-state index contributed by atoms with van der Waals surface area (Å²) in [6.45, 7) is 0.827. The van der Waals surface area contributed by atoms with E-state index in [9.17, 15) is 0 Å². The fourth-order valence-electron chi connectivity index (χ4n) is 10.0. The van der Waals surface area contributed by atoms with Gasteiger partial charge in [0.1, 0.15) is 0 Å². The smallest absolute Gasteiger partial charge is 0.159 e. The van der Waals surface area contributed by atoms with Crippen LogP contribution in [-0.4, -0.2) is 16.5 Å². The van der Waals surface area contributed by atoms with Crippen LogP contribution in [0.5, 0.6) is 0 Å². The molecule has 0 amide bonds. The van der Waals surface area contributed by atoms with Crippen LogP contribution in [0.2, 0.25) is 0 Å². The maximum atomic E-state index is 5.53. The number of hydrogen-bond donors (Lipinski definition) is 1. The highest BCUT2D eigenvalue weighted by Gasteiger charge is 2.51. The normalized spacial score (nSPS) is 14.0. The highest BCUT2D eigenvalue weighted by atomic mass is 14.9. The summed E-state index contributed by atoms with van der Waals surface area (Å²) in [7, 11) is 0. The molecule has 9 aromatic rings. The lowest BCUT2D eigenvalue weighted by Crippen LogP contribution is -2.25. The summed E-state index contributed by atoms with van der Waals surface area (Å²) in [5, 5.41) is 5.68. The predicted molar refractivity (Wildman–Crippen MR) is 243 cm³/mol. The Labute approximate surface area is 343 Å². The second kappa shape index (κ2) is 13.2. The van der Waals surface area contributed by atoms with E-state index in [1.165, 1.54) is 77.5 Å². The number of benzene rings is 8. The Bertz CT molecular complexity index is 3150. The lowest BCUT2D eigenvalue weighted by atomic mass is 9.70. The number of allylic oxidation sites excluding steroid dienone is 2. The topological polar surface area (TPSA) is 37.8 Å². The average Bonchev–Trinajstić information content (AvgIpc) is 3.79. The number of dihydropyridines is 1. The molecule has 1 spiro atoms. The van der Waals surface area contributed by atoms with Crippen molar-refractivity contribution < 1.29 is 0 Å². The molecule has 2 heterocycles. The fourth-order valence-corrected chi connectivity index (χ4v) is 10.0. The molecule has 1 aromatic heterocycles. The van der Waals surface area contributed by atoms with E-state index in [0.29, 0.717) is 5.82 Å². The fraction of sp³-hybridized carbons (Fsp3) is 0.0357. The van der Waals surface area contributed by atoms with Gasteiger partial charge in [-0.1, -0.05) is 176 Å². The predicted octanol–water partition coefficient (Wildman–Crippen LogP) is 13.1. The van der Waals surface area contributed by atoms with Gasteiger partial charge in [0.2, 0.25) is 0 Å². The van der Waals surface area contributed by atoms with Crippen molar-refractivity contribution in [3.05, 3.63) is 234 Å². The number of hydrogen-bond acceptors (Lipinski definition) is 3. The molecule has 0 atom stereocenters. The maximum Gasteiger partial charge on any atom is 0.159 e. The van der Waals surface area contributed by atoms with Crippen LogP contribution in [0.4, 0.5) is 0 Å². The molecule has 3 aliphatic rings. The van der Waals surface area contributed by atoms with E-state index in [0.717, 1.165) is 34.5 Å². The first-order chi connectivity index (χ1) is 29.3. The van der Waals surface area contributed by atoms with Gasteiger partial charge in [0.05, 0.1) is 11.1 Å². The lowest BCUT2D eigenvalue weighted by molar-refractivity contribution is 0.794. The zero-order valence-corrected chi connectivity index (χ0v) is 32.2. The minimum absolute atomic E-state index is 0.434. The van der Waals surface area contributed by atoms with Crippen LogP contribution in [0, 0.1) is 0 Å². The number of aromatic nitrogens is 2. The first-order valence-corrected chi connectivity index (χ1v) is 20.4. The third-order valence-corrected chi connectivity index (χ3v) is 12.7. The SMILES string of the molecule is C1=CNCC(c2cccc(-c3ccc(-c4cnc(-c5ccc6c(c5)C5(c7ccccc7-c7ccccc75)c5ccccc5-6)nc4-c4cccc5ccccc45)cc3)c2)=C1. The molecule has 1 N–H and O–H groups in total. The molecule has 0 bridgehead atoms. The van der Waals surface area contributed by atoms with E-state index in [1.807, 2.05) is 12.4 Å². The van der Waals surface area contributed by atoms with E-state index in [2.05, 4.69) is 199 Å². The van der Waals surface area contributed by atoms with E-state index in [1.54, 1.807) is 0 Å². The largest absolute Gasteiger partial charge is 0.387 e. The van der Waals surface area contributed by atoms with Gasteiger partial charge in [-0.2, -0.15) is 0 Å². The monoisotopic (exact) mass is 751 g/mol. The number of nitrogens with zero attached hydrogens (tertiary/aromatic N) is 2. The van der Waals surface area contributed by atoms with Gasteiger partial charge in [0.25, 0.3) is 0 Å². The van der Waals surface area contributed by atoms with E-state index >= 15 is 0 Å². The van der Waals surface area contributed by atoms with Gasteiger partial charge >= 0.3 is 0 Å². The van der Waals surface area contributed by atoms with Crippen LogP contribution in [0.25, 0.3) is 83.5 Å². The Hall–Kier alpha value is -7.62. The van der Waals surface area contributed by atoms with Gasteiger partial charge in [-0.3, -0.25) is 0 Å².